The molecule has 3 aromatic rings. The van der Waals surface area contributed by atoms with E-state index in [1.54, 1.807) is 4.79 Å². The van der Waals surface area contributed by atoms with E-state index in [0.29, 0.717) is 12.2 Å². The van der Waals surface area contributed by atoms with Crippen molar-refractivity contribution in [2.75, 3.05) is 12.0 Å². The summed E-state index contributed by atoms with van der Waals surface area (Å²) < 4.78 is 0. The second-order valence-electron chi connectivity index (χ2n) is 6.90. The van der Waals surface area contributed by atoms with Crippen LogP contribution >= 0.6 is 0 Å². The van der Waals surface area contributed by atoms with Gasteiger partial charge in [0.1, 0.15) is 11.9 Å². The van der Waals surface area contributed by atoms with Gasteiger partial charge in [-0.15, -0.1) is 5.10 Å². The summed E-state index contributed by atoms with van der Waals surface area (Å²) in [5.74, 6) is -0.352. The molecule has 3 N–H and O–H groups in total. The topological polar surface area (TPSA) is 118 Å². The quantitative estimate of drug-likeness (QED) is 0.621. The fraction of sp³-hybridized carbons (Fsp3) is 0.316. The number of aryl methyl sites for hydroxylation is 1. The molecular formula is C19H21N7O2. The summed E-state index contributed by atoms with van der Waals surface area (Å²) in [6.45, 7) is 3.92. The first-order valence-corrected chi connectivity index (χ1v) is 9.11. The van der Waals surface area contributed by atoms with Crippen LogP contribution in [0.2, 0.25) is 0 Å². The van der Waals surface area contributed by atoms with Crippen LogP contribution in [-0.2, 0) is 11.2 Å². The molecule has 4 rings (SSSR count). The van der Waals surface area contributed by atoms with Crippen LogP contribution in [-0.4, -0.2) is 49.3 Å². The fourth-order valence-electron chi connectivity index (χ4n) is 3.29. The zero-order valence-electron chi connectivity index (χ0n) is 15.6. The third kappa shape index (κ3) is 3.51. The van der Waals surface area contributed by atoms with Gasteiger partial charge < -0.3 is 10.7 Å². The van der Waals surface area contributed by atoms with Crippen LogP contribution in [0.1, 0.15) is 46.2 Å². The van der Waals surface area contributed by atoms with Gasteiger partial charge in [-0.1, -0.05) is 30.3 Å². The van der Waals surface area contributed by atoms with Gasteiger partial charge in [-0.3, -0.25) is 14.7 Å². The molecule has 0 saturated carbocycles. The van der Waals surface area contributed by atoms with E-state index >= 15 is 0 Å². The highest BCUT2D eigenvalue weighted by atomic mass is 16.2. The normalized spacial score (nSPS) is 18.9. The number of H-pyrrole nitrogens is 1. The van der Waals surface area contributed by atoms with Gasteiger partial charge >= 0.3 is 0 Å². The van der Waals surface area contributed by atoms with E-state index in [9.17, 15) is 9.59 Å². The number of carbonyl (C=O) groups is 2. The Kier molecular flexibility index (Phi) is 4.64. The molecule has 1 aliphatic rings. The maximum Gasteiger partial charge on any atom is 0.291 e. The number of nitrogens with zero attached hydrogens (tertiary/aromatic N) is 4. The molecule has 28 heavy (non-hydrogen) atoms. The number of rotatable bonds is 4. The molecule has 2 aromatic heterocycles. The van der Waals surface area contributed by atoms with Crippen molar-refractivity contribution in [3.63, 3.8) is 0 Å². The molecule has 9 heteroatoms. The van der Waals surface area contributed by atoms with Crippen LogP contribution in [0.3, 0.4) is 0 Å². The number of aromatic nitrogens is 5. The van der Waals surface area contributed by atoms with E-state index < -0.39 is 11.9 Å². The van der Waals surface area contributed by atoms with Gasteiger partial charge in [0.05, 0.1) is 23.9 Å². The highest BCUT2D eigenvalue weighted by molar-refractivity contribution is 5.97. The van der Waals surface area contributed by atoms with Gasteiger partial charge in [0.25, 0.3) is 5.91 Å². The zero-order chi connectivity index (χ0) is 19.7. The lowest BCUT2D eigenvalue weighted by Crippen LogP contribution is -2.46. The molecule has 0 fully saturated rings. The molecule has 0 aliphatic carbocycles. The van der Waals surface area contributed by atoms with Crippen LogP contribution < -0.4 is 10.7 Å². The van der Waals surface area contributed by atoms with Crippen molar-refractivity contribution < 1.29 is 9.59 Å². The Hall–Kier alpha value is -3.49. The lowest BCUT2D eigenvalue weighted by atomic mass is 9.97. The van der Waals surface area contributed by atoms with Gasteiger partial charge in [-0.25, -0.2) is 4.98 Å². The number of amides is 1. The summed E-state index contributed by atoms with van der Waals surface area (Å²) >= 11 is 0. The molecule has 2 atom stereocenters. The second-order valence-corrected chi connectivity index (χ2v) is 6.90. The highest BCUT2D eigenvalue weighted by Gasteiger charge is 2.32. The van der Waals surface area contributed by atoms with Gasteiger partial charge in [0.2, 0.25) is 5.82 Å². The third-order valence-electron chi connectivity index (χ3n) is 4.77. The van der Waals surface area contributed by atoms with Gasteiger partial charge in [0.15, 0.2) is 5.78 Å². The van der Waals surface area contributed by atoms with E-state index in [1.807, 2.05) is 50.2 Å². The second kappa shape index (κ2) is 7.26. The van der Waals surface area contributed by atoms with Crippen molar-refractivity contribution in [3.05, 3.63) is 65.0 Å². The van der Waals surface area contributed by atoms with Crippen LogP contribution in [0.25, 0.3) is 0 Å². The standard InChI is InChI=1S/C19H21N7O2/c1-11-8-15-12(2)17(27)14(10-20-26(15)25-11)21-19(28)18-22-16(23-24-18)9-13-6-4-3-5-7-13/h3-8,12,14,20H,9-10H2,1-2H3,(H,21,28)(H,22,23,24). The summed E-state index contributed by atoms with van der Waals surface area (Å²) in [6, 6.07) is 10.9. The Morgan fingerprint density at radius 3 is 2.89 bits per heavy atom. The Labute approximate surface area is 161 Å². The molecule has 1 aromatic carbocycles. The molecule has 0 radical (unpaired) electrons. The largest absolute Gasteiger partial charge is 0.338 e. The lowest BCUT2D eigenvalue weighted by Gasteiger charge is -2.16. The van der Waals surface area contributed by atoms with E-state index in [-0.39, 0.29) is 24.1 Å². The summed E-state index contributed by atoms with van der Waals surface area (Å²) in [7, 11) is 0. The molecule has 0 spiro atoms. The maximum absolute atomic E-state index is 12.8. The first-order valence-electron chi connectivity index (χ1n) is 9.11. The van der Waals surface area contributed by atoms with E-state index in [0.717, 1.165) is 17.0 Å². The minimum absolute atomic E-state index is 0.0178. The van der Waals surface area contributed by atoms with Crippen LogP contribution in [0, 0.1) is 6.92 Å². The molecule has 9 nitrogen and oxygen atoms in total. The summed E-state index contributed by atoms with van der Waals surface area (Å²) in [5.41, 5.74) is 5.75. The number of aromatic amines is 1. The number of ketones is 1. The molecule has 1 aliphatic heterocycles. The molecule has 3 heterocycles. The molecular weight excluding hydrogens is 358 g/mol. The van der Waals surface area contributed by atoms with Crippen molar-refractivity contribution in [3.8, 4) is 0 Å². The average Bonchev–Trinajstić information content (AvgIpc) is 3.28. The number of hydrogen-bond acceptors (Lipinski definition) is 6. The number of nitrogens with one attached hydrogen (secondary N) is 3. The predicted octanol–water partition coefficient (Wildman–Crippen LogP) is 0.929. The number of hydrogen-bond donors (Lipinski definition) is 3. The SMILES string of the molecule is Cc1cc2n(n1)NCC(NC(=O)c1n[nH]c(Cc3ccccc3)n1)C(=O)C2C. The summed E-state index contributed by atoms with van der Waals surface area (Å²) in [6.07, 6.45) is 0.544. The van der Waals surface area contributed by atoms with Gasteiger partial charge in [-0.05, 0) is 25.5 Å². The van der Waals surface area contributed by atoms with Crippen molar-refractivity contribution >= 4 is 11.7 Å². The maximum atomic E-state index is 12.8. The van der Waals surface area contributed by atoms with Gasteiger partial charge in [-0.2, -0.15) is 9.89 Å². The summed E-state index contributed by atoms with van der Waals surface area (Å²) in [5, 5.41) is 13.8. The smallest absolute Gasteiger partial charge is 0.291 e. The lowest BCUT2D eigenvalue weighted by molar-refractivity contribution is -0.121. The summed E-state index contributed by atoms with van der Waals surface area (Å²) in [4.78, 5) is 31.2. The number of benzene rings is 1. The number of carbonyl (C=O) groups excluding carboxylic acids is 2. The minimum atomic E-state index is -0.694. The Bertz CT molecular complexity index is 1010. The number of fused-ring (bicyclic) bond motifs is 1. The Morgan fingerprint density at radius 1 is 1.32 bits per heavy atom. The first kappa shape index (κ1) is 17.9. The monoisotopic (exact) mass is 379 g/mol. The Balaban J connectivity index is 1.44. The van der Waals surface area contributed by atoms with Crippen molar-refractivity contribution in [1.29, 1.82) is 0 Å². The predicted molar refractivity (Wildman–Crippen MR) is 101 cm³/mol. The van der Waals surface area contributed by atoms with Gasteiger partial charge in [0, 0.05) is 6.42 Å². The highest BCUT2D eigenvalue weighted by Crippen LogP contribution is 2.20. The zero-order valence-corrected chi connectivity index (χ0v) is 15.6. The molecule has 0 bridgehead atoms. The number of Topliss-reactive ketones (excluding diaryl/α,β-unsaturated/α-hetero) is 1. The molecule has 2 unspecified atom stereocenters. The van der Waals surface area contributed by atoms with E-state index in [1.165, 1.54) is 0 Å². The minimum Gasteiger partial charge on any atom is -0.338 e. The third-order valence-corrected chi connectivity index (χ3v) is 4.77. The molecule has 1 amide bonds. The van der Waals surface area contributed by atoms with Crippen LogP contribution in [0.5, 0.6) is 0 Å². The molecule has 144 valence electrons. The molecule has 0 saturated heterocycles. The van der Waals surface area contributed by atoms with Crippen LogP contribution in [0.15, 0.2) is 36.4 Å². The Morgan fingerprint density at radius 2 is 2.11 bits per heavy atom. The van der Waals surface area contributed by atoms with Crippen LogP contribution in [0.4, 0.5) is 0 Å². The van der Waals surface area contributed by atoms with Crippen molar-refractivity contribution in [1.82, 2.24) is 30.4 Å². The average molecular weight is 379 g/mol. The van der Waals surface area contributed by atoms with Crippen molar-refractivity contribution in [2.45, 2.75) is 32.2 Å². The fourth-order valence-corrected chi connectivity index (χ4v) is 3.29. The van der Waals surface area contributed by atoms with E-state index in [2.05, 4.69) is 31.0 Å². The first-order chi connectivity index (χ1) is 13.5. The van der Waals surface area contributed by atoms with E-state index in [4.69, 9.17) is 0 Å². The van der Waals surface area contributed by atoms with Crippen molar-refractivity contribution in [2.24, 2.45) is 0 Å².